The Kier molecular flexibility index (Phi) is 3.14. The third-order valence-corrected chi connectivity index (χ3v) is 5.24. The lowest BCUT2D eigenvalue weighted by atomic mass is 10.0. The van der Waals surface area contributed by atoms with Crippen molar-refractivity contribution in [3.05, 3.63) is 85.5 Å². The van der Waals surface area contributed by atoms with E-state index in [0.717, 1.165) is 44.0 Å². The van der Waals surface area contributed by atoms with Crippen LogP contribution in [-0.2, 0) is 0 Å². The highest BCUT2D eigenvalue weighted by Gasteiger charge is 2.08. The van der Waals surface area contributed by atoms with E-state index in [2.05, 4.69) is 69.5 Å². The second-order valence-corrected chi connectivity index (χ2v) is 6.88. The Morgan fingerprint density at radius 3 is 2.50 bits per heavy atom. The number of aromatic nitrogens is 4. The molecular formula is C24H14N4. The summed E-state index contributed by atoms with van der Waals surface area (Å²) in [6, 6.07) is 22.9. The van der Waals surface area contributed by atoms with Gasteiger partial charge in [0.2, 0.25) is 0 Å². The molecule has 0 saturated carbocycles. The van der Waals surface area contributed by atoms with Crippen molar-refractivity contribution in [2.24, 2.45) is 0 Å². The Labute approximate surface area is 160 Å². The minimum atomic E-state index is 0.729. The molecule has 0 aliphatic rings. The minimum Gasteiger partial charge on any atom is -0.244 e. The Morgan fingerprint density at radius 2 is 1.50 bits per heavy atom. The van der Waals surface area contributed by atoms with Gasteiger partial charge in [-0.2, -0.15) is 0 Å². The first-order chi connectivity index (χ1) is 13.9. The zero-order chi connectivity index (χ0) is 18.5. The number of hydrogen-bond donors (Lipinski definition) is 0. The molecule has 2 aromatic heterocycles. The molecule has 0 spiro atoms. The molecular weight excluding hydrogens is 344 g/mol. The molecule has 0 saturated heterocycles. The van der Waals surface area contributed by atoms with E-state index in [0.29, 0.717) is 0 Å². The predicted octanol–water partition coefficient (Wildman–Crippen LogP) is 5.55. The minimum absolute atomic E-state index is 0.729. The lowest BCUT2D eigenvalue weighted by molar-refractivity contribution is 1.22. The van der Waals surface area contributed by atoms with Crippen molar-refractivity contribution in [1.82, 2.24) is 19.9 Å². The maximum absolute atomic E-state index is 4.83. The molecule has 0 aliphatic heterocycles. The number of fused-ring (bicyclic) bond motifs is 6. The van der Waals surface area contributed by atoms with Gasteiger partial charge in [-0.3, -0.25) is 0 Å². The molecule has 0 radical (unpaired) electrons. The van der Waals surface area contributed by atoms with Crippen LogP contribution in [0.5, 0.6) is 0 Å². The molecule has 0 amide bonds. The molecule has 4 nitrogen and oxygen atoms in total. The summed E-state index contributed by atoms with van der Waals surface area (Å²) in [6.45, 7) is 0. The number of nitrogens with zero attached hydrogens (tertiary/aromatic N) is 4. The molecule has 0 aliphatic carbocycles. The zero-order valence-electron chi connectivity index (χ0n) is 14.9. The highest BCUT2D eigenvalue weighted by atomic mass is 14.9. The lowest BCUT2D eigenvalue weighted by Gasteiger charge is -2.07. The van der Waals surface area contributed by atoms with Crippen molar-refractivity contribution >= 4 is 43.4 Å². The van der Waals surface area contributed by atoms with Crippen LogP contribution in [0.3, 0.4) is 0 Å². The van der Waals surface area contributed by atoms with Crippen LogP contribution >= 0.6 is 0 Å². The first-order valence-electron chi connectivity index (χ1n) is 9.14. The topological polar surface area (TPSA) is 51.6 Å². The first-order valence-corrected chi connectivity index (χ1v) is 9.14. The third-order valence-electron chi connectivity index (χ3n) is 5.24. The van der Waals surface area contributed by atoms with E-state index in [1.165, 1.54) is 10.8 Å². The molecule has 2 heterocycles. The van der Waals surface area contributed by atoms with Crippen LogP contribution in [-0.4, -0.2) is 19.9 Å². The fourth-order valence-electron chi connectivity index (χ4n) is 3.85. The molecule has 4 aromatic carbocycles. The summed E-state index contributed by atoms with van der Waals surface area (Å²) in [5, 5.41) is 6.71. The van der Waals surface area contributed by atoms with E-state index in [1.807, 2.05) is 24.5 Å². The molecule has 0 atom stereocenters. The van der Waals surface area contributed by atoms with E-state index < -0.39 is 0 Å². The van der Waals surface area contributed by atoms with Gasteiger partial charge in [0.25, 0.3) is 0 Å². The Hall–Kier alpha value is -3.92. The van der Waals surface area contributed by atoms with Gasteiger partial charge in [-0.1, -0.05) is 54.6 Å². The normalized spacial score (nSPS) is 11.6. The summed E-state index contributed by atoms with van der Waals surface area (Å²) < 4.78 is 0. The average molecular weight is 358 g/mol. The second-order valence-electron chi connectivity index (χ2n) is 6.88. The zero-order valence-corrected chi connectivity index (χ0v) is 14.9. The molecule has 6 aromatic rings. The molecule has 0 N–H and O–H groups in total. The molecule has 0 unspecified atom stereocenters. The van der Waals surface area contributed by atoms with Crippen LogP contribution in [0.1, 0.15) is 0 Å². The number of benzene rings is 4. The first kappa shape index (κ1) is 15.2. The molecule has 0 bridgehead atoms. The van der Waals surface area contributed by atoms with Crippen molar-refractivity contribution in [3.8, 4) is 11.4 Å². The molecule has 28 heavy (non-hydrogen) atoms. The van der Waals surface area contributed by atoms with Crippen molar-refractivity contribution in [3.63, 3.8) is 0 Å². The van der Waals surface area contributed by atoms with Crippen molar-refractivity contribution in [2.45, 2.75) is 0 Å². The number of rotatable bonds is 1. The summed E-state index contributed by atoms with van der Waals surface area (Å²) in [6.07, 6.45) is 5.36. The summed E-state index contributed by atoms with van der Waals surface area (Å²) in [7, 11) is 0. The van der Waals surface area contributed by atoms with Crippen LogP contribution in [0, 0.1) is 0 Å². The molecule has 6 rings (SSSR count). The largest absolute Gasteiger partial charge is 0.244 e. The summed E-state index contributed by atoms with van der Waals surface area (Å²) >= 11 is 0. The van der Waals surface area contributed by atoms with Gasteiger partial charge in [0.1, 0.15) is 6.33 Å². The average Bonchev–Trinajstić information content (AvgIpc) is 2.78. The third kappa shape index (κ3) is 2.25. The Morgan fingerprint density at radius 1 is 0.607 bits per heavy atom. The van der Waals surface area contributed by atoms with Crippen LogP contribution in [0.2, 0.25) is 0 Å². The van der Waals surface area contributed by atoms with Crippen LogP contribution in [0.15, 0.2) is 85.5 Å². The fourth-order valence-corrected chi connectivity index (χ4v) is 3.85. The monoisotopic (exact) mass is 358 g/mol. The smallest absolute Gasteiger partial charge is 0.159 e. The van der Waals surface area contributed by atoms with Gasteiger partial charge in [0.15, 0.2) is 5.82 Å². The maximum atomic E-state index is 4.83. The van der Waals surface area contributed by atoms with Gasteiger partial charge in [-0.25, -0.2) is 19.9 Å². The highest BCUT2D eigenvalue weighted by Crippen LogP contribution is 2.29. The van der Waals surface area contributed by atoms with Crippen molar-refractivity contribution in [1.29, 1.82) is 0 Å². The van der Waals surface area contributed by atoms with Gasteiger partial charge in [-0.05, 0) is 28.3 Å². The molecule has 130 valence electrons. The van der Waals surface area contributed by atoms with E-state index in [-0.39, 0.29) is 0 Å². The van der Waals surface area contributed by atoms with E-state index in [1.54, 1.807) is 6.33 Å². The van der Waals surface area contributed by atoms with Crippen LogP contribution in [0.4, 0.5) is 0 Å². The van der Waals surface area contributed by atoms with Gasteiger partial charge < -0.3 is 0 Å². The fraction of sp³-hybridized carbons (Fsp3) is 0. The van der Waals surface area contributed by atoms with Gasteiger partial charge in [-0.15, -0.1) is 0 Å². The predicted molar refractivity (Wildman–Crippen MR) is 113 cm³/mol. The van der Waals surface area contributed by atoms with Gasteiger partial charge in [0, 0.05) is 34.1 Å². The standard InChI is InChI=1S/C24H14N4/c1-2-4-19-15(3-1)8-10-22-21(19)13-26-24(28-22)17-7-9-20-16(11-17)5-6-18-12-25-14-27-23(18)20/h1-14H. The lowest BCUT2D eigenvalue weighted by Crippen LogP contribution is -1.91. The maximum Gasteiger partial charge on any atom is 0.159 e. The van der Waals surface area contributed by atoms with Crippen molar-refractivity contribution in [2.75, 3.05) is 0 Å². The second kappa shape index (κ2) is 5.79. The van der Waals surface area contributed by atoms with E-state index in [9.17, 15) is 0 Å². The van der Waals surface area contributed by atoms with Gasteiger partial charge >= 0.3 is 0 Å². The Balaban J connectivity index is 1.55. The summed E-state index contributed by atoms with van der Waals surface area (Å²) in [4.78, 5) is 18.0. The molecule has 4 heteroatoms. The quantitative estimate of drug-likeness (QED) is 0.362. The van der Waals surface area contributed by atoms with Crippen LogP contribution < -0.4 is 0 Å². The summed E-state index contributed by atoms with van der Waals surface area (Å²) in [5.74, 6) is 0.729. The highest BCUT2D eigenvalue weighted by molar-refractivity contribution is 6.07. The van der Waals surface area contributed by atoms with Gasteiger partial charge in [0.05, 0.1) is 11.0 Å². The summed E-state index contributed by atoms with van der Waals surface area (Å²) in [5.41, 5.74) is 2.91. The van der Waals surface area contributed by atoms with E-state index in [4.69, 9.17) is 4.98 Å². The van der Waals surface area contributed by atoms with E-state index >= 15 is 0 Å². The van der Waals surface area contributed by atoms with Crippen LogP contribution in [0.25, 0.3) is 54.7 Å². The molecule has 0 fully saturated rings. The number of hydrogen-bond acceptors (Lipinski definition) is 4. The Bertz CT molecular complexity index is 1400. The van der Waals surface area contributed by atoms with Crippen molar-refractivity contribution < 1.29 is 0 Å². The SMILES string of the molecule is c1ccc2c(c1)ccc1nc(-c3ccc4c(ccc5cncnc54)c3)ncc12.